The normalized spacial score (nSPS) is 13.0. The quantitative estimate of drug-likeness (QED) is 0.585. The zero-order valence-electron chi connectivity index (χ0n) is 16.9. The van der Waals surface area contributed by atoms with E-state index in [1.54, 1.807) is 36.4 Å². The van der Waals surface area contributed by atoms with Crippen LogP contribution < -0.4 is 15.0 Å². The molecule has 0 unspecified atom stereocenters. The lowest BCUT2D eigenvalue weighted by Crippen LogP contribution is -2.22. The van der Waals surface area contributed by atoms with E-state index in [0.29, 0.717) is 11.4 Å². The number of esters is 1. The molecule has 1 fully saturated rings. The number of hydrogen-bond acceptors (Lipinski definition) is 7. The fraction of sp³-hybridized carbons (Fsp3) is 0.217. The van der Waals surface area contributed by atoms with Crippen LogP contribution >= 0.6 is 0 Å². The molecule has 2 heterocycles. The van der Waals surface area contributed by atoms with Crippen molar-refractivity contribution < 1.29 is 19.1 Å². The molecule has 0 radical (unpaired) electrons. The van der Waals surface area contributed by atoms with Gasteiger partial charge in [0.1, 0.15) is 11.5 Å². The lowest BCUT2D eigenvalue weighted by atomic mass is 10.3. The topological polar surface area (TPSA) is 93.7 Å². The van der Waals surface area contributed by atoms with Crippen LogP contribution in [0.25, 0.3) is 0 Å². The molecule has 1 N–H and O–H groups in total. The predicted molar refractivity (Wildman–Crippen MR) is 115 cm³/mol. The molecule has 0 spiro atoms. The first kappa shape index (κ1) is 20.3. The summed E-state index contributed by atoms with van der Waals surface area (Å²) in [5.74, 6) is 0.967. The number of amides is 1. The molecule has 158 valence electrons. The minimum atomic E-state index is -0.692. The second-order valence-corrected chi connectivity index (χ2v) is 7.03. The van der Waals surface area contributed by atoms with E-state index < -0.39 is 18.5 Å². The highest BCUT2D eigenvalue weighted by molar-refractivity contribution is 5.94. The van der Waals surface area contributed by atoms with E-state index in [2.05, 4.69) is 20.4 Å². The molecule has 2 aromatic carbocycles. The summed E-state index contributed by atoms with van der Waals surface area (Å²) in [6, 6.07) is 19.6. The number of hydrogen-bond donors (Lipinski definition) is 1. The van der Waals surface area contributed by atoms with Gasteiger partial charge in [-0.15, -0.1) is 10.2 Å². The van der Waals surface area contributed by atoms with Crippen molar-refractivity contribution in [3.63, 3.8) is 0 Å². The summed E-state index contributed by atoms with van der Waals surface area (Å²) in [6.07, 6.45) is 2.26. The van der Waals surface area contributed by atoms with Gasteiger partial charge in [-0.05, 0) is 61.4 Å². The molecule has 0 atom stereocenters. The Morgan fingerprint density at radius 2 is 1.58 bits per heavy atom. The van der Waals surface area contributed by atoms with E-state index in [9.17, 15) is 9.59 Å². The number of ether oxygens (including phenoxy) is 2. The molecule has 4 rings (SSSR count). The van der Waals surface area contributed by atoms with E-state index >= 15 is 0 Å². The summed E-state index contributed by atoms with van der Waals surface area (Å²) >= 11 is 0. The SMILES string of the molecule is O=C(COC(=O)c1ccc(N2CCCC2)nn1)Nc1ccc(Oc2ccccc2)cc1. The molecule has 31 heavy (non-hydrogen) atoms. The van der Waals surface area contributed by atoms with Gasteiger partial charge in [0, 0.05) is 18.8 Å². The highest BCUT2D eigenvalue weighted by Crippen LogP contribution is 2.22. The van der Waals surface area contributed by atoms with E-state index in [0.717, 1.165) is 37.5 Å². The number of aromatic nitrogens is 2. The molecule has 8 heteroatoms. The van der Waals surface area contributed by atoms with Crippen LogP contribution in [-0.2, 0) is 9.53 Å². The average molecular weight is 418 g/mol. The molecule has 1 amide bonds. The Bertz CT molecular complexity index is 1020. The predicted octanol–water partition coefficient (Wildman–Crippen LogP) is 3.66. The summed E-state index contributed by atoms with van der Waals surface area (Å²) in [5.41, 5.74) is 0.634. The number of nitrogens with zero attached hydrogens (tertiary/aromatic N) is 3. The van der Waals surface area contributed by atoms with E-state index in [1.165, 1.54) is 0 Å². The second kappa shape index (κ2) is 9.71. The third-order valence-electron chi connectivity index (χ3n) is 4.74. The van der Waals surface area contributed by atoms with E-state index in [-0.39, 0.29) is 5.69 Å². The van der Waals surface area contributed by atoms with Crippen LogP contribution in [-0.4, -0.2) is 41.8 Å². The highest BCUT2D eigenvalue weighted by atomic mass is 16.5. The van der Waals surface area contributed by atoms with Crippen molar-refractivity contribution in [3.05, 3.63) is 72.4 Å². The van der Waals surface area contributed by atoms with Crippen LogP contribution in [0.2, 0.25) is 0 Å². The maximum absolute atomic E-state index is 12.1. The fourth-order valence-corrected chi connectivity index (χ4v) is 3.18. The summed E-state index contributed by atoms with van der Waals surface area (Å²) in [4.78, 5) is 26.3. The van der Waals surface area contributed by atoms with Crippen molar-refractivity contribution >= 4 is 23.4 Å². The van der Waals surface area contributed by atoms with Crippen molar-refractivity contribution in [2.75, 3.05) is 29.9 Å². The number of carbonyl (C=O) groups excluding carboxylic acids is 2. The van der Waals surface area contributed by atoms with Crippen molar-refractivity contribution in [1.29, 1.82) is 0 Å². The van der Waals surface area contributed by atoms with Crippen LogP contribution in [0, 0.1) is 0 Å². The molecular formula is C23H22N4O4. The van der Waals surface area contributed by atoms with Gasteiger partial charge < -0.3 is 19.7 Å². The van der Waals surface area contributed by atoms with Gasteiger partial charge in [0.2, 0.25) is 0 Å². The van der Waals surface area contributed by atoms with Gasteiger partial charge in [-0.2, -0.15) is 0 Å². The molecule has 1 aliphatic rings. The van der Waals surface area contributed by atoms with E-state index in [4.69, 9.17) is 9.47 Å². The number of carbonyl (C=O) groups is 2. The minimum absolute atomic E-state index is 0.0677. The zero-order chi connectivity index (χ0) is 21.5. The van der Waals surface area contributed by atoms with Crippen LogP contribution in [0.3, 0.4) is 0 Å². The average Bonchev–Trinajstić information content (AvgIpc) is 3.35. The first-order valence-electron chi connectivity index (χ1n) is 10.1. The highest BCUT2D eigenvalue weighted by Gasteiger charge is 2.16. The fourth-order valence-electron chi connectivity index (χ4n) is 3.18. The molecule has 0 saturated carbocycles. The second-order valence-electron chi connectivity index (χ2n) is 7.03. The van der Waals surface area contributed by atoms with Gasteiger partial charge in [-0.3, -0.25) is 4.79 Å². The number of nitrogens with one attached hydrogen (secondary N) is 1. The Kier molecular flexibility index (Phi) is 6.37. The Morgan fingerprint density at radius 3 is 2.26 bits per heavy atom. The maximum atomic E-state index is 12.1. The van der Waals surface area contributed by atoms with Gasteiger partial charge in [0.05, 0.1) is 0 Å². The molecule has 1 aromatic heterocycles. The molecule has 0 bridgehead atoms. The summed E-state index contributed by atoms with van der Waals surface area (Å²) in [7, 11) is 0. The number of para-hydroxylation sites is 1. The van der Waals surface area contributed by atoms with Crippen LogP contribution in [0.5, 0.6) is 11.5 Å². The molecule has 8 nitrogen and oxygen atoms in total. The van der Waals surface area contributed by atoms with Crippen molar-refractivity contribution in [2.24, 2.45) is 0 Å². The number of benzene rings is 2. The largest absolute Gasteiger partial charge is 0.457 e. The van der Waals surface area contributed by atoms with Gasteiger partial charge in [0.25, 0.3) is 5.91 Å². The Hall–Kier alpha value is -3.94. The van der Waals surface area contributed by atoms with Crippen LogP contribution in [0.1, 0.15) is 23.3 Å². The third kappa shape index (κ3) is 5.57. The van der Waals surface area contributed by atoms with Crippen LogP contribution in [0.4, 0.5) is 11.5 Å². The smallest absolute Gasteiger partial charge is 0.359 e. The van der Waals surface area contributed by atoms with Crippen LogP contribution in [0.15, 0.2) is 66.7 Å². The lowest BCUT2D eigenvalue weighted by Gasteiger charge is -2.15. The molecule has 1 aliphatic heterocycles. The van der Waals surface area contributed by atoms with Gasteiger partial charge >= 0.3 is 5.97 Å². The molecule has 1 saturated heterocycles. The Balaban J connectivity index is 1.24. The maximum Gasteiger partial charge on any atom is 0.359 e. The van der Waals surface area contributed by atoms with Crippen molar-refractivity contribution in [1.82, 2.24) is 10.2 Å². The number of rotatable bonds is 7. The van der Waals surface area contributed by atoms with Crippen molar-refractivity contribution in [3.8, 4) is 11.5 Å². The Labute approximate surface area is 179 Å². The molecular weight excluding hydrogens is 396 g/mol. The zero-order valence-corrected chi connectivity index (χ0v) is 16.9. The van der Waals surface area contributed by atoms with Gasteiger partial charge in [-0.1, -0.05) is 18.2 Å². The Morgan fingerprint density at radius 1 is 0.871 bits per heavy atom. The monoisotopic (exact) mass is 418 g/mol. The van der Waals surface area contributed by atoms with Crippen molar-refractivity contribution in [2.45, 2.75) is 12.8 Å². The first-order chi connectivity index (χ1) is 15.2. The van der Waals surface area contributed by atoms with Gasteiger partial charge in [-0.25, -0.2) is 4.79 Å². The summed E-state index contributed by atoms with van der Waals surface area (Å²) < 4.78 is 10.7. The van der Waals surface area contributed by atoms with E-state index in [1.807, 2.05) is 30.3 Å². The number of anilines is 2. The summed E-state index contributed by atoms with van der Waals surface area (Å²) in [5, 5.41) is 10.7. The van der Waals surface area contributed by atoms with Gasteiger partial charge in [0.15, 0.2) is 18.1 Å². The minimum Gasteiger partial charge on any atom is -0.457 e. The molecule has 3 aromatic rings. The third-order valence-corrected chi connectivity index (χ3v) is 4.74. The summed E-state index contributed by atoms with van der Waals surface area (Å²) in [6.45, 7) is 1.46. The standard InChI is InChI=1S/C23H22N4O4/c28-22(24-17-8-10-19(11-9-17)31-18-6-2-1-3-7-18)16-30-23(29)20-12-13-21(26-25-20)27-14-4-5-15-27/h1-3,6-13H,4-5,14-16H2,(H,24,28). The lowest BCUT2D eigenvalue weighted by molar-refractivity contribution is -0.119. The molecule has 0 aliphatic carbocycles. The first-order valence-corrected chi connectivity index (χ1v) is 10.1.